The summed E-state index contributed by atoms with van der Waals surface area (Å²) in [6.07, 6.45) is 1.65. The fourth-order valence-corrected chi connectivity index (χ4v) is 3.16. The fourth-order valence-electron chi connectivity index (χ4n) is 3.16. The van der Waals surface area contributed by atoms with E-state index in [1.807, 2.05) is 36.2 Å². The van der Waals surface area contributed by atoms with E-state index in [9.17, 15) is 10.1 Å². The van der Waals surface area contributed by atoms with Crippen molar-refractivity contribution in [1.29, 1.82) is 5.26 Å². The van der Waals surface area contributed by atoms with Crippen LogP contribution < -0.4 is 19.7 Å². The van der Waals surface area contributed by atoms with Gasteiger partial charge in [0.15, 0.2) is 0 Å². The first-order chi connectivity index (χ1) is 15.9. The molecule has 0 radical (unpaired) electrons. The van der Waals surface area contributed by atoms with Crippen LogP contribution in [0.2, 0.25) is 0 Å². The van der Waals surface area contributed by atoms with E-state index in [1.54, 1.807) is 50.5 Å². The summed E-state index contributed by atoms with van der Waals surface area (Å²) >= 11 is 0. The Morgan fingerprint density at radius 3 is 2.48 bits per heavy atom. The molecule has 9 heteroatoms. The summed E-state index contributed by atoms with van der Waals surface area (Å²) in [5.41, 5.74) is 3.39. The number of likely N-dealkylation sites (N-methyl/N-ethyl adjacent to an activating group) is 2. The Hall–Kier alpha value is -4.32. The third-order valence-electron chi connectivity index (χ3n) is 4.99. The van der Waals surface area contributed by atoms with Gasteiger partial charge >= 0.3 is 0 Å². The Bertz CT molecular complexity index is 1190. The molecule has 0 aliphatic rings. The van der Waals surface area contributed by atoms with E-state index in [0.29, 0.717) is 28.7 Å². The van der Waals surface area contributed by atoms with Crippen LogP contribution in [0, 0.1) is 11.3 Å². The van der Waals surface area contributed by atoms with E-state index in [2.05, 4.69) is 21.4 Å². The van der Waals surface area contributed by atoms with Crippen LogP contribution >= 0.6 is 0 Å². The zero-order valence-corrected chi connectivity index (χ0v) is 19.3. The van der Waals surface area contributed by atoms with Crippen molar-refractivity contribution in [1.82, 2.24) is 14.9 Å². The molecule has 170 valence electrons. The molecule has 1 amide bonds. The van der Waals surface area contributed by atoms with Crippen LogP contribution in [0.25, 0.3) is 11.3 Å². The number of anilines is 3. The largest absolute Gasteiger partial charge is 0.495 e. The van der Waals surface area contributed by atoms with Crippen molar-refractivity contribution in [2.24, 2.45) is 0 Å². The van der Waals surface area contributed by atoms with Gasteiger partial charge in [-0.2, -0.15) is 5.26 Å². The first-order valence-electron chi connectivity index (χ1n) is 10.1. The molecule has 0 atom stereocenters. The minimum atomic E-state index is -0.00921. The Balaban J connectivity index is 1.83. The van der Waals surface area contributed by atoms with E-state index < -0.39 is 0 Å². The van der Waals surface area contributed by atoms with Crippen LogP contribution in [0.5, 0.6) is 11.5 Å². The molecule has 0 bridgehead atoms. The van der Waals surface area contributed by atoms with Crippen molar-refractivity contribution >= 4 is 23.2 Å². The maximum Gasteiger partial charge on any atom is 0.241 e. The molecule has 2 aromatic carbocycles. The van der Waals surface area contributed by atoms with Crippen molar-refractivity contribution in [2.75, 3.05) is 52.1 Å². The first-order valence-corrected chi connectivity index (χ1v) is 10.1. The van der Waals surface area contributed by atoms with Crippen molar-refractivity contribution in [3.63, 3.8) is 0 Å². The summed E-state index contributed by atoms with van der Waals surface area (Å²) in [4.78, 5) is 24.3. The molecule has 33 heavy (non-hydrogen) atoms. The number of nitrogens with zero attached hydrogens (tertiary/aromatic N) is 5. The molecular weight excluding hydrogens is 420 g/mol. The Morgan fingerprint density at radius 2 is 1.82 bits per heavy atom. The first kappa shape index (κ1) is 23.3. The fraction of sp³-hybridized carbons (Fsp3) is 0.250. The van der Waals surface area contributed by atoms with Crippen molar-refractivity contribution in [2.45, 2.75) is 0 Å². The number of nitriles is 1. The summed E-state index contributed by atoms with van der Waals surface area (Å²) in [6.45, 7) is 0.230. The number of aromatic nitrogens is 2. The highest BCUT2D eigenvalue weighted by atomic mass is 16.5. The van der Waals surface area contributed by atoms with Crippen molar-refractivity contribution in [3.05, 3.63) is 54.2 Å². The second-order valence-electron chi connectivity index (χ2n) is 7.45. The summed E-state index contributed by atoms with van der Waals surface area (Å²) in [5.74, 6) is 1.51. The number of methoxy groups -OCH3 is 2. The average molecular weight is 447 g/mol. The number of amides is 1. The lowest BCUT2D eigenvalue weighted by Gasteiger charge is -2.23. The molecule has 0 saturated heterocycles. The second-order valence-corrected chi connectivity index (χ2v) is 7.45. The van der Waals surface area contributed by atoms with Crippen molar-refractivity contribution in [3.8, 4) is 28.8 Å². The SMILES string of the molecule is COc1ccc(-c2ccnc(Nc3ccc(N(C)CC(=O)N(C)C)c(OC)c3)n2)cc1C#N. The van der Waals surface area contributed by atoms with Gasteiger partial charge in [-0.15, -0.1) is 0 Å². The maximum absolute atomic E-state index is 12.0. The average Bonchev–Trinajstić information content (AvgIpc) is 2.83. The third kappa shape index (κ3) is 5.49. The number of hydrogen-bond acceptors (Lipinski definition) is 8. The van der Waals surface area contributed by atoms with Gasteiger partial charge in [-0.25, -0.2) is 9.97 Å². The van der Waals surface area contributed by atoms with Gasteiger partial charge < -0.3 is 24.6 Å². The summed E-state index contributed by atoms with van der Waals surface area (Å²) < 4.78 is 10.7. The molecule has 9 nitrogen and oxygen atoms in total. The normalized spacial score (nSPS) is 10.2. The molecule has 0 fully saturated rings. The highest BCUT2D eigenvalue weighted by Crippen LogP contribution is 2.32. The number of rotatable bonds is 8. The molecule has 0 aliphatic carbocycles. The van der Waals surface area contributed by atoms with Gasteiger partial charge in [-0.1, -0.05) is 0 Å². The zero-order chi connectivity index (χ0) is 24.0. The quantitative estimate of drug-likeness (QED) is 0.562. The molecule has 0 spiro atoms. The van der Waals surface area contributed by atoms with E-state index in [0.717, 1.165) is 16.9 Å². The molecule has 0 aliphatic heterocycles. The van der Waals surface area contributed by atoms with Gasteiger partial charge in [0, 0.05) is 44.7 Å². The van der Waals surface area contributed by atoms with Crippen LogP contribution in [0.1, 0.15) is 5.56 Å². The molecule has 1 aromatic heterocycles. The number of hydrogen-bond donors (Lipinski definition) is 1. The van der Waals surface area contributed by atoms with Gasteiger partial charge in [0.25, 0.3) is 0 Å². The van der Waals surface area contributed by atoms with Crippen molar-refractivity contribution < 1.29 is 14.3 Å². The lowest BCUT2D eigenvalue weighted by molar-refractivity contribution is -0.127. The predicted octanol–water partition coefficient (Wildman–Crippen LogP) is 3.30. The van der Waals surface area contributed by atoms with Gasteiger partial charge in [-0.3, -0.25) is 4.79 Å². The van der Waals surface area contributed by atoms with Crippen LogP contribution in [0.4, 0.5) is 17.3 Å². The highest BCUT2D eigenvalue weighted by Gasteiger charge is 2.14. The van der Waals surface area contributed by atoms with Gasteiger partial charge in [0.1, 0.15) is 17.6 Å². The van der Waals surface area contributed by atoms with Gasteiger partial charge in [0.2, 0.25) is 11.9 Å². The Labute approximate surface area is 193 Å². The van der Waals surface area contributed by atoms with Crippen LogP contribution in [0.3, 0.4) is 0 Å². The summed E-state index contributed by atoms with van der Waals surface area (Å²) in [7, 11) is 8.39. The number of carbonyl (C=O) groups is 1. The summed E-state index contributed by atoms with van der Waals surface area (Å²) in [5, 5.41) is 12.5. The van der Waals surface area contributed by atoms with E-state index in [1.165, 1.54) is 7.11 Å². The number of ether oxygens (including phenoxy) is 2. The number of carbonyl (C=O) groups excluding carboxylic acids is 1. The highest BCUT2D eigenvalue weighted by molar-refractivity contribution is 5.82. The predicted molar refractivity (Wildman–Crippen MR) is 127 cm³/mol. The standard InChI is InChI=1S/C24H26N6O3/c1-29(2)23(31)15-30(3)20-8-7-18(13-22(20)33-5)27-24-26-11-10-19(28-24)16-6-9-21(32-4)17(12-16)14-25/h6-13H,15H2,1-5H3,(H,26,27,28). The number of nitrogens with one attached hydrogen (secondary N) is 1. The van der Waals surface area contributed by atoms with Crippen LogP contribution in [-0.2, 0) is 4.79 Å². The minimum Gasteiger partial charge on any atom is -0.495 e. The summed E-state index contributed by atoms with van der Waals surface area (Å²) in [6, 6.07) is 14.8. The molecule has 0 saturated carbocycles. The molecule has 3 aromatic rings. The molecule has 1 heterocycles. The lowest BCUT2D eigenvalue weighted by Crippen LogP contribution is -2.34. The monoisotopic (exact) mass is 446 g/mol. The molecule has 1 N–H and O–H groups in total. The van der Waals surface area contributed by atoms with Crippen LogP contribution in [-0.4, -0.2) is 62.7 Å². The Morgan fingerprint density at radius 1 is 1.06 bits per heavy atom. The topological polar surface area (TPSA) is 104 Å². The zero-order valence-electron chi connectivity index (χ0n) is 19.3. The maximum atomic E-state index is 12.0. The van der Waals surface area contributed by atoms with E-state index >= 15 is 0 Å². The molecule has 3 rings (SSSR count). The molecule has 0 unspecified atom stereocenters. The van der Waals surface area contributed by atoms with E-state index in [4.69, 9.17) is 9.47 Å². The lowest BCUT2D eigenvalue weighted by atomic mass is 10.1. The second kappa shape index (κ2) is 10.3. The smallest absolute Gasteiger partial charge is 0.241 e. The van der Waals surface area contributed by atoms with E-state index in [-0.39, 0.29) is 12.5 Å². The number of benzene rings is 2. The third-order valence-corrected chi connectivity index (χ3v) is 4.99. The van der Waals surface area contributed by atoms with Crippen LogP contribution in [0.15, 0.2) is 48.7 Å². The minimum absolute atomic E-state index is 0.00921. The van der Waals surface area contributed by atoms with Gasteiger partial charge in [-0.05, 0) is 36.4 Å². The molecular formula is C24H26N6O3. The van der Waals surface area contributed by atoms with Gasteiger partial charge in [0.05, 0.1) is 37.7 Å². The Kier molecular flexibility index (Phi) is 7.31.